The number of ether oxygens (including phenoxy) is 1. The summed E-state index contributed by atoms with van der Waals surface area (Å²) in [6.07, 6.45) is 2.95. The number of carbonyl (C=O) groups excluding carboxylic acids is 1. The van der Waals surface area contributed by atoms with E-state index in [4.69, 9.17) is 4.74 Å². The lowest BCUT2D eigenvalue weighted by molar-refractivity contribution is 0.0951. The van der Waals surface area contributed by atoms with E-state index in [0.717, 1.165) is 42.1 Å². The van der Waals surface area contributed by atoms with Crippen LogP contribution in [0.2, 0.25) is 0 Å². The Kier molecular flexibility index (Phi) is 4.13. The van der Waals surface area contributed by atoms with Crippen LogP contribution in [0.5, 0.6) is 5.75 Å². The first-order valence-corrected chi connectivity index (χ1v) is 7.81. The van der Waals surface area contributed by atoms with E-state index < -0.39 is 0 Å². The summed E-state index contributed by atoms with van der Waals surface area (Å²) in [7, 11) is 0. The zero-order chi connectivity index (χ0) is 15.5. The van der Waals surface area contributed by atoms with E-state index in [1.54, 1.807) is 0 Å². The van der Waals surface area contributed by atoms with Gasteiger partial charge in [-0.05, 0) is 50.5 Å². The Labute approximate surface area is 130 Å². The fraction of sp³-hybridized carbons (Fsp3) is 0.412. The molecule has 0 unspecified atom stereocenters. The topological polar surface area (TPSA) is 67.0 Å². The number of benzene rings is 1. The van der Waals surface area contributed by atoms with E-state index in [1.807, 2.05) is 24.3 Å². The number of rotatable bonds is 4. The smallest absolute Gasteiger partial charge is 0.271 e. The molecule has 116 valence electrons. The molecule has 0 bridgehead atoms. The van der Waals surface area contributed by atoms with Crippen molar-refractivity contribution in [3.63, 3.8) is 0 Å². The van der Waals surface area contributed by atoms with Crippen LogP contribution in [0.3, 0.4) is 0 Å². The number of aryl methyl sites for hydroxylation is 1. The number of aromatic nitrogens is 2. The Balaban J connectivity index is 1.83. The van der Waals surface area contributed by atoms with Gasteiger partial charge in [-0.1, -0.05) is 6.92 Å². The van der Waals surface area contributed by atoms with Crippen LogP contribution in [0.4, 0.5) is 0 Å². The average molecular weight is 299 g/mol. The third-order valence-corrected chi connectivity index (χ3v) is 3.92. The first kappa shape index (κ1) is 14.6. The second-order valence-corrected chi connectivity index (χ2v) is 5.63. The van der Waals surface area contributed by atoms with Crippen molar-refractivity contribution in [1.29, 1.82) is 0 Å². The molecule has 1 aromatic heterocycles. The van der Waals surface area contributed by atoms with Gasteiger partial charge in [-0.25, -0.2) is 4.98 Å². The third kappa shape index (κ3) is 2.98. The molecule has 2 aromatic rings. The van der Waals surface area contributed by atoms with E-state index in [0.29, 0.717) is 12.2 Å². The molecule has 1 aromatic carbocycles. The molecule has 3 rings (SSSR count). The molecular formula is C17H21N3O2. The highest BCUT2D eigenvalue weighted by molar-refractivity contribution is 5.94. The summed E-state index contributed by atoms with van der Waals surface area (Å²) >= 11 is 0. The van der Waals surface area contributed by atoms with Crippen molar-refractivity contribution in [2.45, 2.75) is 39.2 Å². The molecule has 1 amide bonds. The maximum Gasteiger partial charge on any atom is 0.271 e. The van der Waals surface area contributed by atoms with Crippen molar-refractivity contribution in [2.75, 3.05) is 6.54 Å². The number of aromatic amines is 1. The number of hydrogen-bond donors (Lipinski definition) is 2. The summed E-state index contributed by atoms with van der Waals surface area (Å²) < 4.78 is 5.77. The van der Waals surface area contributed by atoms with Crippen molar-refractivity contribution in [3.05, 3.63) is 35.7 Å². The predicted molar refractivity (Wildman–Crippen MR) is 85.1 cm³/mol. The summed E-state index contributed by atoms with van der Waals surface area (Å²) in [6.45, 7) is 4.86. The molecule has 0 fully saturated rings. The van der Waals surface area contributed by atoms with Crippen LogP contribution < -0.4 is 10.1 Å². The molecule has 0 saturated carbocycles. The van der Waals surface area contributed by atoms with Gasteiger partial charge in [0.1, 0.15) is 17.3 Å². The Morgan fingerprint density at radius 1 is 1.32 bits per heavy atom. The van der Waals surface area contributed by atoms with Gasteiger partial charge in [-0.3, -0.25) is 4.79 Å². The number of carbonyl (C=O) groups is 1. The molecule has 2 N–H and O–H groups in total. The van der Waals surface area contributed by atoms with Crippen LogP contribution in [-0.2, 0) is 6.42 Å². The Hall–Kier alpha value is -2.30. The third-order valence-electron chi connectivity index (χ3n) is 3.92. The average Bonchev–Trinajstić information content (AvgIpc) is 2.89. The van der Waals surface area contributed by atoms with E-state index in [2.05, 4.69) is 29.1 Å². The molecule has 1 aliphatic heterocycles. The van der Waals surface area contributed by atoms with Gasteiger partial charge < -0.3 is 15.0 Å². The normalized spacial score (nSPS) is 15.6. The standard InChI is InChI=1S/C17H21N3O2/c1-3-11(2)22-13-8-6-12(7-9-13)16-19-14-5-4-10-18-17(21)15(14)20-16/h6-9,11H,3-5,10H2,1-2H3,(H,18,21)(H,19,20)/t11-/m0/s1. The number of amides is 1. The maximum atomic E-state index is 11.9. The molecule has 0 aliphatic carbocycles. The number of H-pyrrole nitrogens is 1. The second kappa shape index (κ2) is 6.22. The van der Waals surface area contributed by atoms with Crippen molar-refractivity contribution in [2.24, 2.45) is 0 Å². The minimum Gasteiger partial charge on any atom is -0.491 e. The van der Waals surface area contributed by atoms with E-state index in [-0.39, 0.29) is 12.0 Å². The second-order valence-electron chi connectivity index (χ2n) is 5.63. The minimum atomic E-state index is -0.0910. The fourth-order valence-corrected chi connectivity index (χ4v) is 2.47. The first-order chi connectivity index (χ1) is 10.7. The minimum absolute atomic E-state index is 0.0910. The molecular weight excluding hydrogens is 278 g/mol. The number of nitrogens with one attached hydrogen (secondary N) is 2. The van der Waals surface area contributed by atoms with Crippen LogP contribution in [0.1, 0.15) is 42.9 Å². The van der Waals surface area contributed by atoms with E-state index in [9.17, 15) is 4.79 Å². The summed E-state index contributed by atoms with van der Waals surface area (Å²) in [5.41, 5.74) is 2.40. The highest BCUT2D eigenvalue weighted by atomic mass is 16.5. The molecule has 1 aliphatic rings. The summed E-state index contributed by atoms with van der Waals surface area (Å²) in [5, 5.41) is 2.86. The van der Waals surface area contributed by atoms with Gasteiger partial charge in [0.15, 0.2) is 0 Å². The van der Waals surface area contributed by atoms with Gasteiger partial charge in [0.05, 0.1) is 6.10 Å². The molecule has 0 spiro atoms. The van der Waals surface area contributed by atoms with Gasteiger partial charge in [-0.15, -0.1) is 0 Å². The lowest BCUT2D eigenvalue weighted by Crippen LogP contribution is -2.23. The Bertz CT molecular complexity index is 661. The van der Waals surface area contributed by atoms with Gasteiger partial charge in [0.25, 0.3) is 5.91 Å². The van der Waals surface area contributed by atoms with Crippen LogP contribution in [-0.4, -0.2) is 28.5 Å². The highest BCUT2D eigenvalue weighted by Gasteiger charge is 2.20. The van der Waals surface area contributed by atoms with E-state index >= 15 is 0 Å². The summed E-state index contributed by atoms with van der Waals surface area (Å²) in [6, 6.07) is 7.81. The number of fused-ring (bicyclic) bond motifs is 1. The van der Waals surface area contributed by atoms with Crippen LogP contribution >= 0.6 is 0 Å². The van der Waals surface area contributed by atoms with Crippen LogP contribution in [0.15, 0.2) is 24.3 Å². The van der Waals surface area contributed by atoms with Crippen LogP contribution in [0.25, 0.3) is 11.4 Å². The Morgan fingerprint density at radius 2 is 2.09 bits per heavy atom. The van der Waals surface area contributed by atoms with Gasteiger partial charge in [0, 0.05) is 17.8 Å². The molecule has 0 radical (unpaired) electrons. The lowest BCUT2D eigenvalue weighted by atomic mass is 10.2. The van der Waals surface area contributed by atoms with Crippen molar-refractivity contribution in [3.8, 4) is 17.1 Å². The molecule has 5 nitrogen and oxygen atoms in total. The lowest BCUT2D eigenvalue weighted by Gasteiger charge is -2.12. The SMILES string of the molecule is CC[C@H](C)Oc1ccc(-c2nc3c([nH]2)CCCNC3=O)cc1. The maximum absolute atomic E-state index is 11.9. The predicted octanol–water partition coefficient (Wildman–Crippen LogP) is 2.93. The van der Waals surface area contributed by atoms with E-state index in [1.165, 1.54) is 0 Å². The first-order valence-electron chi connectivity index (χ1n) is 7.81. The fourth-order valence-electron chi connectivity index (χ4n) is 2.47. The zero-order valence-corrected chi connectivity index (χ0v) is 13.0. The van der Waals surface area contributed by atoms with Crippen molar-refractivity contribution < 1.29 is 9.53 Å². The molecule has 22 heavy (non-hydrogen) atoms. The molecule has 5 heteroatoms. The molecule has 0 saturated heterocycles. The summed E-state index contributed by atoms with van der Waals surface area (Å²) in [4.78, 5) is 19.7. The zero-order valence-electron chi connectivity index (χ0n) is 13.0. The number of hydrogen-bond acceptors (Lipinski definition) is 3. The van der Waals surface area contributed by atoms with Crippen molar-refractivity contribution >= 4 is 5.91 Å². The molecule has 1 atom stereocenters. The van der Waals surface area contributed by atoms with Gasteiger partial charge in [0.2, 0.25) is 0 Å². The quantitative estimate of drug-likeness (QED) is 0.912. The summed E-state index contributed by atoms with van der Waals surface area (Å²) in [5.74, 6) is 1.49. The van der Waals surface area contributed by atoms with Crippen molar-refractivity contribution in [1.82, 2.24) is 15.3 Å². The number of imidazole rings is 1. The largest absolute Gasteiger partial charge is 0.491 e. The highest BCUT2D eigenvalue weighted by Crippen LogP contribution is 2.23. The number of nitrogens with zero attached hydrogens (tertiary/aromatic N) is 1. The van der Waals surface area contributed by atoms with Gasteiger partial charge in [-0.2, -0.15) is 0 Å². The Morgan fingerprint density at radius 3 is 2.82 bits per heavy atom. The van der Waals surface area contributed by atoms with Crippen LogP contribution in [0, 0.1) is 0 Å². The molecule has 2 heterocycles. The monoisotopic (exact) mass is 299 g/mol. The van der Waals surface area contributed by atoms with Gasteiger partial charge >= 0.3 is 0 Å².